The SMILES string of the molecule is CC1OCCC1(C)NC(=O)c1ccc(S(C)(=O)=O)cc1. The number of nitrogens with one attached hydrogen (secondary N) is 1. The Bertz CT molecular complexity index is 609. The highest BCUT2D eigenvalue weighted by Gasteiger charge is 2.38. The van der Waals surface area contributed by atoms with Crippen LogP contribution in [-0.2, 0) is 14.6 Å². The Balaban J connectivity index is 2.14. The van der Waals surface area contributed by atoms with Gasteiger partial charge in [0.2, 0.25) is 0 Å². The van der Waals surface area contributed by atoms with Gasteiger partial charge >= 0.3 is 0 Å². The summed E-state index contributed by atoms with van der Waals surface area (Å²) >= 11 is 0. The predicted octanol–water partition coefficient (Wildman–Crippen LogP) is 1.39. The molecule has 0 aliphatic carbocycles. The zero-order valence-electron chi connectivity index (χ0n) is 11.8. The first-order valence-corrected chi connectivity index (χ1v) is 8.36. The minimum atomic E-state index is -3.24. The van der Waals surface area contributed by atoms with E-state index >= 15 is 0 Å². The van der Waals surface area contributed by atoms with E-state index in [1.165, 1.54) is 24.3 Å². The van der Waals surface area contributed by atoms with Crippen LogP contribution in [0.15, 0.2) is 29.2 Å². The molecule has 0 aromatic heterocycles. The van der Waals surface area contributed by atoms with Gasteiger partial charge in [-0.05, 0) is 44.5 Å². The lowest BCUT2D eigenvalue weighted by atomic mass is 9.94. The van der Waals surface area contributed by atoms with E-state index in [9.17, 15) is 13.2 Å². The van der Waals surface area contributed by atoms with Crippen LogP contribution in [-0.4, -0.2) is 38.8 Å². The zero-order chi connectivity index (χ0) is 15.0. The maximum atomic E-state index is 12.2. The number of amides is 1. The van der Waals surface area contributed by atoms with Gasteiger partial charge in [0.1, 0.15) is 0 Å². The van der Waals surface area contributed by atoms with Gasteiger partial charge < -0.3 is 10.1 Å². The third-order valence-corrected chi connectivity index (χ3v) is 4.96. The summed E-state index contributed by atoms with van der Waals surface area (Å²) in [6.45, 7) is 4.51. The molecule has 1 heterocycles. The van der Waals surface area contributed by atoms with E-state index in [0.717, 1.165) is 12.7 Å². The van der Waals surface area contributed by atoms with E-state index in [0.29, 0.717) is 12.2 Å². The molecular weight excluding hydrogens is 278 g/mol. The highest BCUT2D eigenvalue weighted by atomic mass is 32.2. The zero-order valence-corrected chi connectivity index (χ0v) is 12.7. The Kier molecular flexibility index (Phi) is 3.88. The van der Waals surface area contributed by atoms with Crippen LogP contribution in [0, 0.1) is 0 Å². The Morgan fingerprint density at radius 2 is 1.95 bits per heavy atom. The lowest BCUT2D eigenvalue weighted by molar-refractivity contribution is 0.0727. The number of hydrogen-bond donors (Lipinski definition) is 1. The van der Waals surface area contributed by atoms with Gasteiger partial charge in [-0.1, -0.05) is 0 Å². The highest BCUT2D eigenvalue weighted by Crippen LogP contribution is 2.25. The van der Waals surface area contributed by atoms with Crippen molar-refractivity contribution in [2.75, 3.05) is 12.9 Å². The monoisotopic (exact) mass is 297 g/mol. The summed E-state index contributed by atoms with van der Waals surface area (Å²) in [4.78, 5) is 12.4. The molecule has 20 heavy (non-hydrogen) atoms. The van der Waals surface area contributed by atoms with Gasteiger partial charge in [-0.2, -0.15) is 0 Å². The summed E-state index contributed by atoms with van der Waals surface area (Å²) in [5, 5.41) is 2.97. The number of rotatable bonds is 3. The summed E-state index contributed by atoms with van der Waals surface area (Å²) in [5.41, 5.74) is 0.0600. The van der Waals surface area contributed by atoms with E-state index in [4.69, 9.17) is 4.74 Å². The van der Waals surface area contributed by atoms with Crippen molar-refractivity contribution in [3.8, 4) is 0 Å². The average Bonchev–Trinajstić information content (AvgIpc) is 2.68. The summed E-state index contributed by atoms with van der Waals surface area (Å²) in [6, 6.07) is 5.94. The van der Waals surface area contributed by atoms with Crippen LogP contribution in [0.1, 0.15) is 30.6 Å². The molecule has 1 amide bonds. The van der Waals surface area contributed by atoms with Crippen molar-refractivity contribution in [3.63, 3.8) is 0 Å². The van der Waals surface area contributed by atoms with Gasteiger partial charge in [-0.15, -0.1) is 0 Å². The van der Waals surface area contributed by atoms with Crippen LogP contribution in [0.5, 0.6) is 0 Å². The summed E-state index contributed by atoms with van der Waals surface area (Å²) in [6.07, 6.45) is 1.86. The lowest BCUT2D eigenvalue weighted by Gasteiger charge is -2.28. The maximum absolute atomic E-state index is 12.2. The van der Waals surface area contributed by atoms with Crippen LogP contribution >= 0.6 is 0 Å². The Morgan fingerprint density at radius 1 is 1.35 bits per heavy atom. The van der Waals surface area contributed by atoms with Crippen LogP contribution in [0.2, 0.25) is 0 Å². The summed E-state index contributed by atoms with van der Waals surface area (Å²) in [5.74, 6) is -0.218. The van der Waals surface area contributed by atoms with Crippen molar-refractivity contribution in [2.45, 2.75) is 36.8 Å². The lowest BCUT2D eigenvalue weighted by Crippen LogP contribution is -2.50. The Hall–Kier alpha value is -1.40. The molecule has 2 atom stereocenters. The molecule has 6 heteroatoms. The van der Waals surface area contributed by atoms with Gasteiger partial charge in [0.25, 0.3) is 5.91 Å². The molecule has 1 aromatic rings. The third kappa shape index (κ3) is 3.02. The number of ether oxygens (including phenoxy) is 1. The molecule has 0 saturated carbocycles. The first-order valence-electron chi connectivity index (χ1n) is 6.47. The van der Waals surface area contributed by atoms with Crippen LogP contribution in [0.4, 0.5) is 0 Å². The minimum Gasteiger partial charge on any atom is -0.376 e. The molecule has 1 fully saturated rings. The quantitative estimate of drug-likeness (QED) is 0.915. The first-order chi connectivity index (χ1) is 9.22. The van der Waals surface area contributed by atoms with Crippen molar-refractivity contribution < 1.29 is 17.9 Å². The second kappa shape index (κ2) is 5.18. The van der Waals surface area contributed by atoms with E-state index in [1.54, 1.807) is 0 Å². The number of carbonyl (C=O) groups is 1. The van der Waals surface area contributed by atoms with Crippen molar-refractivity contribution in [1.82, 2.24) is 5.32 Å². The molecule has 110 valence electrons. The Labute approximate surface area is 119 Å². The van der Waals surface area contributed by atoms with Gasteiger partial charge in [0, 0.05) is 18.4 Å². The molecule has 1 aliphatic heterocycles. The normalized spacial score (nSPS) is 26.4. The second-order valence-electron chi connectivity index (χ2n) is 5.43. The molecule has 5 nitrogen and oxygen atoms in total. The van der Waals surface area contributed by atoms with Crippen molar-refractivity contribution in [3.05, 3.63) is 29.8 Å². The molecule has 2 rings (SSSR count). The third-order valence-electron chi connectivity index (χ3n) is 3.83. The second-order valence-corrected chi connectivity index (χ2v) is 7.45. The van der Waals surface area contributed by atoms with Crippen LogP contribution < -0.4 is 5.32 Å². The number of hydrogen-bond acceptors (Lipinski definition) is 4. The fourth-order valence-corrected chi connectivity index (χ4v) is 2.81. The highest BCUT2D eigenvalue weighted by molar-refractivity contribution is 7.90. The standard InChI is InChI=1S/C14H19NO4S/c1-10-14(2,8-9-19-10)15-13(16)11-4-6-12(7-5-11)20(3,17)18/h4-7,10H,8-9H2,1-3H3,(H,15,16). The summed E-state index contributed by atoms with van der Waals surface area (Å²) < 4.78 is 28.2. The van der Waals surface area contributed by atoms with E-state index in [2.05, 4.69) is 5.32 Å². The molecule has 0 radical (unpaired) electrons. The average molecular weight is 297 g/mol. The van der Waals surface area contributed by atoms with Gasteiger partial charge in [-0.25, -0.2) is 8.42 Å². The van der Waals surface area contributed by atoms with E-state index in [1.807, 2.05) is 13.8 Å². The van der Waals surface area contributed by atoms with Crippen molar-refractivity contribution >= 4 is 15.7 Å². The fourth-order valence-electron chi connectivity index (χ4n) is 2.18. The minimum absolute atomic E-state index is 0.0401. The fraction of sp³-hybridized carbons (Fsp3) is 0.500. The Morgan fingerprint density at radius 3 is 2.40 bits per heavy atom. The number of sulfone groups is 1. The largest absolute Gasteiger partial charge is 0.376 e. The van der Waals surface area contributed by atoms with Crippen LogP contribution in [0.3, 0.4) is 0 Å². The first kappa shape index (κ1) is 15.0. The maximum Gasteiger partial charge on any atom is 0.251 e. The molecule has 1 aliphatic rings. The molecule has 0 spiro atoms. The molecular formula is C14H19NO4S. The number of benzene rings is 1. The summed E-state index contributed by atoms with van der Waals surface area (Å²) in [7, 11) is -3.24. The van der Waals surface area contributed by atoms with E-state index < -0.39 is 9.84 Å². The smallest absolute Gasteiger partial charge is 0.251 e. The van der Waals surface area contributed by atoms with Crippen molar-refractivity contribution in [2.24, 2.45) is 0 Å². The molecule has 1 aromatic carbocycles. The predicted molar refractivity (Wildman–Crippen MR) is 75.5 cm³/mol. The van der Waals surface area contributed by atoms with Gasteiger partial charge in [0.05, 0.1) is 16.5 Å². The molecule has 1 N–H and O–H groups in total. The van der Waals surface area contributed by atoms with E-state index in [-0.39, 0.29) is 22.4 Å². The van der Waals surface area contributed by atoms with Gasteiger partial charge in [0.15, 0.2) is 9.84 Å². The number of carbonyl (C=O) groups excluding carboxylic acids is 1. The van der Waals surface area contributed by atoms with Crippen LogP contribution in [0.25, 0.3) is 0 Å². The van der Waals surface area contributed by atoms with Crippen molar-refractivity contribution in [1.29, 1.82) is 0 Å². The molecule has 1 saturated heterocycles. The molecule has 2 unspecified atom stereocenters. The topological polar surface area (TPSA) is 72.5 Å². The molecule has 0 bridgehead atoms. The van der Waals surface area contributed by atoms with Gasteiger partial charge in [-0.3, -0.25) is 4.79 Å².